The van der Waals surface area contributed by atoms with E-state index < -0.39 is 0 Å². The molecule has 0 radical (unpaired) electrons. The third-order valence-electron chi connectivity index (χ3n) is 6.65. The van der Waals surface area contributed by atoms with Crippen molar-refractivity contribution in [3.8, 4) is 0 Å². The van der Waals surface area contributed by atoms with Crippen molar-refractivity contribution >= 4 is 48.4 Å². The Hall–Kier alpha value is -2.07. The summed E-state index contributed by atoms with van der Waals surface area (Å²) >= 11 is 0. The second-order valence-corrected chi connectivity index (χ2v) is 9.56. The molecule has 2 fully saturated rings. The van der Waals surface area contributed by atoms with Gasteiger partial charge in [0.05, 0.1) is 37.2 Å². The molecule has 5 N–H and O–H groups in total. The van der Waals surface area contributed by atoms with E-state index in [1.807, 2.05) is 13.8 Å². The fraction of sp³-hybridized carbons (Fsp3) is 0.690. The quantitative estimate of drug-likeness (QED) is 0.209. The van der Waals surface area contributed by atoms with Crippen molar-refractivity contribution < 1.29 is 28.6 Å². The van der Waals surface area contributed by atoms with Crippen LogP contribution < -0.4 is 16.8 Å². The van der Waals surface area contributed by atoms with E-state index in [9.17, 15) is 14.4 Å². The molecule has 2 aliphatic rings. The molecule has 1 aromatic rings. The van der Waals surface area contributed by atoms with Gasteiger partial charge in [0.1, 0.15) is 0 Å². The lowest BCUT2D eigenvalue weighted by atomic mass is 9.86. The molecule has 1 aromatic carbocycles. The normalized spacial score (nSPS) is 21.3. The molecular formula is C29H51Cl2N3O6. The van der Waals surface area contributed by atoms with Gasteiger partial charge in [-0.2, -0.15) is 0 Å². The largest absolute Gasteiger partial charge is 0.466 e. The number of rotatable bonds is 8. The van der Waals surface area contributed by atoms with Crippen molar-refractivity contribution in [1.82, 2.24) is 5.32 Å². The van der Waals surface area contributed by atoms with Crippen LogP contribution in [-0.4, -0.2) is 56.4 Å². The van der Waals surface area contributed by atoms with Crippen LogP contribution in [0.25, 0.3) is 0 Å². The third-order valence-corrected chi connectivity index (χ3v) is 6.65. The smallest absolute Gasteiger partial charge is 0.338 e. The summed E-state index contributed by atoms with van der Waals surface area (Å²) in [5.74, 6) is -0.0704. The summed E-state index contributed by atoms with van der Waals surface area (Å²) in [7, 11) is 0. The Morgan fingerprint density at radius 1 is 0.725 bits per heavy atom. The summed E-state index contributed by atoms with van der Waals surface area (Å²) in [6, 6.07) is 7.56. The Morgan fingerprint density at radius 3 is 1.55 bits per heavy atom. The van der Waals surface area contributed by atoms with Gasteiger partial charge in [-0.3, -0.25) is 9.59 Å². The van der Waals surface area contributed by atoms with E-state index in [-0.39, 0.29) is 54.6 Å². The zero-order chi connectivity index (χ0) is 28.3. The lowest BCUT2D eigenvalue weighted by molar-refractivity contribution is -0.150. The number of halogens is 2. The number of carbonyl (C=O) groups excluding carboxylic acids is 3. The number of carbonyl (C=O) groups is 3. The van der Waals surface area contributed by atoms with Crippen molar-refractivity contribution in [1.29, 1.82) is 0 Å². The number of ether oxygens (including phenoxy) is 3. The minimum Gasteiger partial charge on any atom is -0.466 e. The van der Waals surface area contributed by atoms with E-state index in [2.05, 4.69) is 12.2 Å². The van der Waals surface area contributed by atoms with Gasteiger partial charge in [-0.1, -0.05) is 6.92 Å². The van der Waals surface area contributed by atoms with Crippen LogP contribution in [-0.2, 0) is 23.8 Å². The number of anilines is 1. The van der Waals surface area contributed by atoms with Gasteiger partial charge in [-0.15, -0.1) is 24.8 Å². The predicted octanol–water partition coefficient (Wildman–Crippen LogP) is 5.07. The number of nitrogens with one attached hydrogen (secondary N) is 1. The topological polar surface area (TPSA) is 143 Å². The van der Waals surface area contributed by atoms with Gasteiger partial charge < -0.3 is 31.0 Å². The van der Waals surface area contributed by atoms with Crippen LogP contribution >= 0.6 is 24.8 Å². The third kappa shape index (κ3) is 16.3. The van der Waals surface area contributed by atoms with Crippen LogP contribution in [0.3, 0.4) is 0 Å². The summed E-state index contributed by atoms with van der Waals surface area (Å²) in [4.78, 5) is 33.8. The predicted molar refractivity (Wildman–Crippen MR) is 164 cm³/mol. The Morgan fingerprint density at radius 2 is 1.15 bits per heavy atom. The molecule has 232 valence electrons. The lowest BCUT2D eigenvalue weighted by Crippen LogP contribution is -2.35. The second kappa shape index (κ2) is 23.6. The van der Waals surface area contributed by atoms with Gasteiger partial charge in [-0.05, 0) is 103 Å². The van der Waals surface area contributed by atoms with Crippen LogP contribution in [0.5, 0.6) is 0 Å². The van der Waals surface area contributed by atoms with E-state index >= 15 is 0 Å². The fourth-order valence-electron chi connectivity index (χ4n) is 4.53. The summed E-state index contributed by atoms with van der Waals surface area (Å²) in [6.07, 6.45) is 7.91. The Kier molecular flexibility index (Phi) is 23.7. The van der Waals surface area contributed by atoms with E-state index in [1.165, 1.54) is 0 Å². The number of nitrogens with two attached hydrogens (primary N) is 2. The Bertz CT molecular complexity index is 812. The molecule has 0 bridgehead atoms. The highest BCUT2D eigenvalue weighted by Gasteiger charge is 2.27. The van der Waals surface area contributed by atoms with Crippen LogP contribution in [0.4, 0.5) is 5.69 Å². The van der Waals surface area contributed by atoms with Gasteiger partial charge in [0.25, 0.3) is 0 Å². The molecule has 11 heteroatoms. The number of nitrogen functional groups attached to an aromatic ring is 1. The first-order chi connectivity index (χ1) is 18.2. The SMILES string of the molecule is CCNC1CCC(C(=O)OCC)CC1.CCOC(=O)C1CCC(N)CC1.CCOC(=O)c1ccc(N)cc1.Cl.Cl. The molecule has 0 atom stereocenters. The van der Waals surface area contributed by atoms with Gasteiger partial charge in [0, 0.05) is 17.8 Å². The molecular weight excluding hydrogens is 557 g/mol. The first-order valence-electron chi connectivity index (χ1n) is 14.1. The average Bonchev–Trinajstić information content (AvgIpc) is 2.91. The van der Waals surface area contributed by atoms with Gasteiger partial charge in [0.15, 0.2) is 0 Å². The monoisotopic (exact) mass is 607 g/mol. The highest BCUT2D eigenvalue weighted by atomic mass is 35.5. The molecule has 0 aliphatic heterocycles. The molecule has 2 saturated carbocycles. The molecule has 0 aromatic heterocycles. The average molecular weight is 609 g/mol. The van der Waals surface area contributed by atoms with E-state index in [4.69, 9.17) is 25.7 Å². The highest BCUT2D eigenvalue weighted by Crippen LogP contribution is 2.25. The zero-order valence-corrected chi connectivity index (χ0v) is 26.2. The van der Waals surface area contributed by atoms with Gasteiger partial charge >= 0.3 is 17.9 Å². The number of esters is 3. The molecule has 3 rings (SSSR count). The van der Waals surface area contributed by atoms with Gasteiger partial charge in [-0.25, -0.2) is 4.79 Å². The number of hydrogen-bond donors (Lipinski definition) is 3. The lowest BCUT2D eigenvalue weighted by Gasteiger charge is -2.27. The molecule has 40 heavy (non-hydrogen) atoms. The summed E-state index contributed by atoms with van der Waals surface area (Å²) in [5.41, 5.74) is 12.3. The van der Waals surface area contributed by atoms with Crippen molar-refractivity contribution in [2.24, 2.45) is 17.6 Å². The molecule has 0 amide bonds. The van der Waals surface area contributed by atoms with E-state index in [1.54, 1.807) is 31.2 Å². The first-order valence-corrected chi connectivity index (χ1v) is 14.1. The highest BCUT2D eigenvalue weighted by molar-refractivity contribution is 5.89. The molecule has 9 nitrogen and oxygen atoms in total. The summed E-state index contributed by atoms with van der Waals surface area (Å²) in [6.45, 7) is 10.0. The Labute approximate surface area is 252 Å². The van der Waals surface area contributed by atoms with Crippen molar-refractivity contribution in [2.45, 2.75) is 91.1 Å². The molecule has 0 saturated heterocycles. The Balaban J connectivity index is 0. The zero-order valence-electron chi connectivity index (χ0n) is 24.5. The van der Waals surface area contributed by atoms with Crippen LogP contribution in [0.15, 0.2) is 24.3 Å². The van der Waals surface area contributed by atoms with Crippen LogP contribution in [0, 0.1) is 11.8 Å². The second-order valence-electron chi connectivity index (χ2n) is 9.56. The maximum atomic E-state index is 11.4. The fourth-order valence-corrected chi connectivity index (χ4v) is 4.53. The maximum absolute atomic E-state index is 11.4. The minimum atomic E-state index is -0.308. The maximum Gasteiger partial charge on any atom is 0.338 e. The van der Waals surface area contributed by atoms with Crippen molar-refractivity contribution in [3.05, 3.63) is 29.8 Å². The number of hydrogen-bond acceptors (Lipinski definition) is 9. The van der Waals surface area contributed by atoms with Crippen molar-refractivity contribution in [3.63, 3.8) is 0 Å². The van der Waals surface area contributed by atoms with Gasteiger partial charge in [0.2, 0.25) is 0 Å². The molecule has 0 unspecified atom stereocenters. The standard InChI is InChI=1S/C11H21NO2.C9H17NO2.C9H11NO2.2ClH/c1-3-12-10-7-5-9(6-8-10)11(13)14-4-2;2*1-2-12-9(11)7-3-5-8(10)6-4-7;;/h9-10,12H,3-8H2,1-2H3;7-8H,2-6,10H2,1H3;3-6H,2,10H2,1H3;2*1H. The van der Waals surface area contributed by atoms with E-state index in [0.29, 0.717) is 43.2 Å². The van der Waals surface area contributed by atoms with E-state index in [0.717, 1.165) is 57.9 Å². The molecule has 0 spiro atoms. The first kappa shape index (κ1) is 40.1. The van der Waals surface area contributed by atoms with Crippen LogP contribution in [0.1, 0.15) is 89.4 Å². The molecule has 0 heterocycles. The summed E-state index contributed by atoms with van der Waals surface area (Å²) < 4.78 is 14.7. The van der Waals surface area contributed by atoms with Crippen LogP contribution in [0.2, 0.25) is 0 Å². The number of benzene rings is 1. The minimum absolute atomic E-state index is 0. The summed E-state index contributed by atoms with van der Waals surface area (Å²) in [5, 5.41) is 3.42. The molecule has 2 aliphatic carbocycles. The van der Waals surface area contributed by atoms with Crippen molar-refractivity contribution in [2.75, 3.05) is 32.1 Å².